The molecule has 0 N–H and O–H groups in total. The van der Waals surface area contributed by atoms with Crippen molar-refractivity contribution in [3.05, 3.63) is 94.7 Å². The summed E-state index contributed by atoms with van der Waals surface area (Å²) in [6, 6.07) is 5.19. The van der Waals surface area contributed by atoms with E-state index in [1.54, 1.807) is 18.3 Å². The molecular formula is C27H33F2N3O. The van der Waals surface area contributed by atoms with Crippen molar-refractivity contribution >= 4 is 11.0 Å². The Morgan fingerprint density at radius 2 is 1.73 bits per heavy atom. The fraction of sp³-hybridized carbons (Fsp3) is 0.296. The second-order valence-corrected chi connectivity index (χ2v) is 6.22. The highest BCUT2D eigenvalue weighted by molar-refractivity contribution is 5.73. The molecule has 4 nitrogen and oxygen atoms in total. The number of pyridine rings is 1. The third kappa shape index (κ3) is 10.0. The Morgan fingerprint density at radius 1 is 1.09 bits per heavy atom. The zero-order chi connectivity index (χ0) is 25.2. The number of hydrogen-bond donors (Lipinski definition) is 0. The van der Waals surface area contributed by atoms with E-state index in [0.717, 1.165) is 12.1 Å². The number of benzene rings is 1. The first-order valence-electron chi connectivity index (χ1n) is 10.8. The molecule has 0 aliphatic carbocycles. The first-order valence-corrected chi connectivity index (χ1v) is 10.8. The summed E-state index contributed by atoms with van der Waals surface area (Å²) in [4.78, 5) is 21.0. The summed E-state index contributed by atoms with van der Waals surface area (Å²) in [5.41, 5.74) is 1.20. The van der Waals surface area contributed by atoms with Gasteiger partial charge in [-0.15, -0.1) is 6.58 Å². The average molecular weight is 454 g/mol. The average Bonchev–Trinajstić information content (AvgIpc) is 2.84. The largest absolute Gasteiger partial charge is 0.309 e. The van der Waals surface area contributed by atoms with Crippen molar-refractivity contribution in [2.75, 3.05) is 0 Å². The molecule has 1 aromatic carbocycles. The Hall–Kier alpha value is -3.59. The third-order valence-corrected chi connectivity index (χ3v) is 3.74. The van der Waals surface area contributed by atoms with Gasteiger partial charge < -0.3 is 4.57 Å². The van der Waals surface area contributed by atoms with E-state index in [-0.39, 0.29) is 17.6 Å². The maximum atomic E-state index is 13.3. The second-order valence-electron chi connectivity index (χ2n) is 6.22. The molecule has 33 heavy (non-hydrogen) atoms. The van der Waals surface area contributed by atoms with Crippen LogP contribution in [0.2, 0.25) is 0 Å². The van der Waals surface area contributed by atoms with Gasteiger partial charge in [0.2, 0.25) is 0 Å². The van der Waals surface area contributed by atoms with Crippen molar-refractivity contribution in [1.29, 1.82) is 0 Å². The molecule has 0 unspecified atom stereocenters. The molecule has 2 heterocycles. The topological polar surface area (TPSA) is 47.8 Å². The van der Waals surface area contributed by atoms with E-state index in [9.17, 15) is 13.6 Å². The van der Waals surface area contributed by atoms with Gasteiger partial charge in [-0.3, -0.25) is 9.78 Å². The normalized spacial score (nSPS) is 9.33. The minimum absolute atomic E-state index is 0.110. The van der Waals surface area contributed by atoms with E-state index in [1.807, 2.05) is 53.7 Å². The fourth-order valence-electron chi connectivity index (χ4n) is 2.24. The summed E-state index contributed by atoms with van der Waals surface area (Å²) in [6.45, 7) is 15.3. The molecular weight excluding hydrogens is 420 g/mol. The Labute approximate surface area is 195 Å². The standard InChI is InChI=1S/C18H13F2N3O.C4H8.C3H6.C2H6/c1-2-3-4-13-10-21-16-7-8-23(18(24)17(16)22-13)11-12-5-6-14(19)15(20)9-12;1-3-4-2;1-3-2;1-2/h5-10H,2,11H2,1H3;3-4H,1-2H3;3H,1H2,2H3;1-2H3/b;4-3-;;. The van der Waals surface area contributed by atoms with Crippen LogP contribution in [-0.4, -0.2) is 14.5 Å². The van der Waals surface area contributed by atoms with E-state index in [1.165, 1.54) is 16.8 Å². The quantitative estimate of drug-likeness (QED) is 0.321. The Balaban J connectivity index is 0.000000989. The molecule has 176 valence electrons. The first-order chi connectivity index (χ1) is 15.9. The molecule has 3 aromatic rings. The molecule has 0 aliphatic rings. The van der Waals surface area contributed by atoms with Crippen LogP contribution in [0.3, 0.4) is 0 Å². The molecule has 0 fully saturated rings. The van der Waals surface area contributed by atoms with E-state index in [2.05, 4.69) is 28.4 Å². The molecule has 0 radical (unpaired) electrons. The van der Waals surface area contributed by atoms with Gasteiger partial charge in [0.05, 0.1) is 18.3 Å². The smallest absolute Gasteiger partial charge is 0.279 e. The van der Waals surface area contributed by atoms with E-state index >= 15 is 0 Å². The molecule has 0 atom stereocenters. The third-order valence-electron chi connectivity index (χ3n) is 3.74. The van der Waals surface area contributed by atoms with Crippen LogP contribution < -0.4 is 5.56 Å². The minimum atomic E-state index is -0.946. The molecule has 3 rings (SSSR count). The van der Waals surface area contributed by atoms with Gasteiger partial charge in [0, 0.05) is 12.6 Å². The molecule has 0 bridgehead atoms. The molecule has 6 heteroatoms. The summed E-state index contributed by atoms with van der Waals surface area (Å²) in [5.74, 6) is 3.84. The van der Waals surface area contributed by atoms with Crippen molar-refractivity contribution in [3.63, 3.8) is 0 Å². The van der Waals surface area contributed by atoms with Crippen molar-refractivity contribution in [2.24, 2.45) is 0 Å². The van der Waals surface area contributed by atoms with Gasteiger partial charge in [-0.2, -0.15) is 0 Å². The van der Waals surface area contributed by atoms with Crippen LogP contribution in [0.1, 0.15) is 59.2 Å². The van der Waals surface area contributed by atoms with Gasteiger partial charge in [-0.25, -0.2) is 13.8 Å². The number of allylic oxidation sites excluding steroid dienone is 3. The van der Waals surface area contributed by atoms with E-state index in [0.29, 0.717) is 23.2 Å². The van der Waals surface area contributed by atoms with Crippen LogP contribution in [0.4, 0.5) is 8.78 Å². The lowest BCUT2D eigenvalue weighted by Crippen LogP contribution is -2.21. The monoisotopic (exact) mass is 453 g/mol. The van der Waals surface area contributed by atoms with Crippen LogP contribution in [0.25, 0.3) is 11.0 Å². The highest BCUT2D eigenvalue weighted by Gasteiger charge is 2.08. The van der Waals surface area contributed by atoms with Crippen LogP contribution in [0, 0.1) is 23.5 Å². The zero-order valence-electron chi connectivity index (χ0n) is 20.3. The van der Waals surface area contributed by atoms with Gasteiger partial charge in [0.25, 0.3) is 5.56 Å². The van der Waals surface area contributed by atoms with Crippen molar-refractivity contribution in [1.82, 2.24) is 14.5 Å². The summed E-state index contributed by atoms with van der Waals surface area (Å²) in [6.07, 6.45) is 9.50. The number of rotatable bonds is 2. The number of halogens is 2. The number of aromatic nitrogens is 3. The van der Waals surface area contributed by atoms with Crippen LogP contribution in [0.5, 0.6) is 0 Å². The Morgan fingerprint density at radius 3 is 2.27 bits per heavy atom. The highest BCUT2D eigenvalue weighted by atomic mass is 19.2. The van der Waals surface area contributed by atoms with Crippen LogP contribution >= 0.6 is 0 Å². The second kappa shape index (κ2) is 17.0. The van der Waals surface area contributed by atoms with Crippen LogP contribution in [-0.2, 0) is 6.54 Å². The van der Waals surface area contributed by atoms with Crippen molar-refractivity contribution in [3.8, 4) is 11.8 Å². The van der Waals surface area contributed by atoms with Crippen molar-refractivity contribution in [2.45, 2.75) is 54.5 Å². The van der Waals surface area contributed by atoms with E-state index in [4.69, 9.17) is 0 Å². The molecule has 0 aliphatic heterocycles. The maximum Gasteiger partial charge on any atom is 0.279 e. The molecule has 2 aromatic heterocycles. The van der Waals surface area contributed by atoms with Gasteiger partial charge in [-0.05, 0) is 50.5 Å². The molecule has 0 saturated heterocycles. The highest BCUT2D eigenvalue weighted by Crippen LogP contribution is 2.10. The molecule has 0 amide bonds. The predicted molar refractivity (Wildman–Crippen MR) is 134 cm³/mol. The Bertz CT molecular complexity index is 1150. The lowest BCUT2D eigenvalue weighted by Gasteiger charge is -2.07. The lowest BCUT2D eigenvalue weighted by atomic mass is 10.2. The summed E-state index contributed by atoms with van der Waals surface area (Å²) in [5, 5.41) is 0. The number of nitrogens with zero attached hydrogens (tertiary/aromatic N) is 3. The minimum Gasteiger partial charge on any atom is -0.309 e. The van der Waals surface area contributed by atoms with Gasteiger partial charge in [0.1, 0.15) is 5.69 Å². The molecule has 0 saturated carbocycles. The van der Waals surface area contributed by atoms with Gasteiger partial charge >= 0.3 is 0 Å². The van der Waals surface area contributed by atoms with Crippen molar-refractivity contribution < 1.29 is 8.78 Å². The predicted octanol–water partition coefficient (Wildman–Crippen LogP) is 6.68. The first kappa shape index (κ1) is 29.4. The zero-order valence-corrected chi connectivity index (χ0v) is 20.3. The van der Waals surface area contributed by atoms with E-state index < -0.39 is 11.6 Å². The fourth-order valence-corrected chi connectivity index (χ4v) is 2.24. The summed E-state index contributed by atoms with van der Waals surface area (Å²) >= 11 is 0. The SMILES string of the molecule is C/C=C\C.C=CC.CC.CCC#Cc1cnc2ccn(Cc3ccc(F)c(F)c3)c(=O)c2n1. The number of hydrogen-bond acceptors (Lipinski definition) is 3. The lowest BCUT2D eigenvalue weighted by molar-refractivity contribution is 0.506. The van der Waals surface area contributed by atoms with Gasteiger partial charge in [0.15, 0.2) is 17.2 Å². The molecule has 0 spiro atoms. The maximum absolute atomic E-state index is 13.3. The number of fused-ring (bicyclic) bond motifs is 1. The summed E-state index contributed by atoms with van der Waals surface area (Å²) in [7, 11) is 0. The van der Waals surface area contributed by atoms with Gasteiger partial charge in [-0.1, -0.05) is 51.0 Å². The summed E-state index contributed by atoms with van der Waals surface area (Å²) < 4.78 is 27.7. The Kier molecular flexibility index (Phi) is 15.2. The van der Waals surface area contributed by atoms with Crippen LogP contribution in [0.15, 0.2) is 66.3 Å².